The molecule has 2 heterocycles. The fraction of sp³-hybridized carbons (Fsp3) is 1.00. The summed E-state index contributed by atoms with van der Waals surface area (Å²) in [6, 6.07) is 0. The molecule has 1 saturated carbocycles. The van der Waals surface area contributed by atoms with Crippen molar-refractivity contribution in [3.8, 4) is 0 Å². The van der Waals surface area contributed by atoms with Crippen LogP contribution in [0.15, 0.2) is 0 Å². The Balaban J connectivity index is 1.62. The quantitative estimate of drug-likeness (QED) is 0.672. The van der Waals surface area contributed by atoms with Gasteiger partial charge >= 0.3 is 0 Å². The lowest BCUT2D eigenvalue weighted by molar-refractivity contribution is -0.152. The van der Waals surface area contributed by atoms with E-state index < -0.39 is 0 Å². The Labute approximate surface area is 109 Å². The predicted molar refractivity (Wildman–Crippen MR) is 68.4 cm³/mol. The minimum Gasteiger partial charge on any atom is -0.381 e. The fourth-order valence-corrected chi connectivity index (χ4v) is 4.30. The number of rotatable bonds is 1. The topological polar surface area (TPSA) is 18.5 Å². The van der Waals surface area contributed by atoms with Crippen molar-refractivity contribution in [2.75, 3.05) is 19.8 Å². The summed E-state index contributed by atoms with van der Waals surface area (Å²) in [7, 11) is 0. The van der Waals surface area contributed by atoms with Gasteiger partial charge in [0, 0.05) is 25.2 Å². The van der Waals surface area contributed by atoms with E-state index >= 15 is 0 Å². The van der Waals surface area contributed by atoms with Crippen molar-refractivity contribution < 1.29 is 9.47 Å². The maximum absolute atomic E-state index is 6.25. The number of hydrogen-bond acceptors (Lipinski definition) is 2. The maximum atomic E-state index is 6.25. The van der Waals surface area contributed by atoms with Crippen molar-refractivity contribution in [2.45, 2.75) is 55.9 Å². The summed E-state index contributed by atoms with van der Waals surface area (Å²) < 4.78 is 11.6. The molecule has 0 bridgehead atoms. The second kappa shape index (κ2) is 5.07. The molecule has 0 amide bonds. The second-order valence-electron chi connectivity index (χ2n) is 6.07. The summed E-state index contributed by atoms with van der Waals surface area (Å²) in [4.78, 5) is 0. The molecule has 0 aromatic heterocycles. The lowest BCUT2D eigenvalue weighted by Gasteiger charge is -2.45. The van der Waals surface area contributed by atoms with Gasteiger partial charge in [0.15, 0.2) is 0 Å². The van der Waals surface area contributed by atoms with Gasteiger partial charge in [-0.2, -0.15) is 0 Å². The molecule has 3 heteroatoms. The molecule has 0 aromatic rings. The predicted octanol–water partition coefficient (Wildman–Crippen LogP) is 3.37. The first-order valence-electron chi connectivity index (χ1n) is 7.13. The van der Waals surface area contributed by atoms with Crippen LogP contribution in [0.1, 0.15) is 44.9 Å². The van der Waals surface area contributed by atoms with Crippen LogP contribution in [-0.4, -0.2) is 30.8 Å². The minimum absolute atomic E-state index is 0.158. The highest BCUT2D eigenvalue weighted by Gasteiger charge is 2.42. The van der Waals surface area contributed by atoms with Gasteiger partial charge in [0.2, 0.25) is 0 Å². The van der Waals surface area contributed by atoms with Crippen LogP contribution in [0.3, 0.4) is 0 Å². The van der Waals surface area contributed by atoms with E-state index in [0.29, 0.717) is 5.38 Å². The van der Waals surface area contributed by atoms with Gasteiger partial charge in [-0.1, -0.05) is 0 Å². The summed E-state index contributed by atoms with van der Waals surface area (Å²) in [6.45, 7) is 2.72. The third-order valence-corrected chi connectivity index (χ3v) is 5.41. The molecule has 98 valence electrons. The van der Waals surface area contributed by atoms with Crippen LogP contribution >= 0.6 is 11.6 Å². The summed E-state index contributed by atoms with van der Waals surface area (Å²) in [5.41, 5.74) is 0.158. The van der Waals surface area contributed by atoms with E-state index in [9.17, 15) is 0 Å². The Morgan fingerprint density at radius 1 is 0.941 bits per heavy atom. The standard InChI is InChI=1S/C14H23ClO2/c15-13-2-1-11(9-13)12-3-6-17-14(10-12)4-7-16-8-5-14/h11-13H,1-10H2. The Kier molecular flexibility index (Phi) is 3.65. The molecule has 3 rings (SSSR count). The highest BCUT2D eigenvalue weighted by atomic mass is 35.5. The van der Waals surface area contributed by atoms with Crippen LogP contribution in [-0.2, 0) is 9.47 Å². The Bertz CT molecular complexity index is 257. The molecule has 3 fully saturated rings. The average molecular weight is 259 g/mol. The first-order valence-corrected chi connectivity index (χ1v) is 7.57. The van der Waals surface area contributed by atoms with Crippen molar-refractivity contribution in [2.24, 2.45) is 11.8 Å². The van der Waals surface area contributed by atoms with Crippen LogP contribution in [0.5, 0.6) is 0 Å². The monoisotopic (exact) mass is 258 g/mol. The van der Waals surface area contributed by atoms with Gasteiger partial charge in [-0.05, 0) is 56.8 Å². The van der Waals surface area contributed by atoms with Gasteiger partial charge in [-0.15, -0.1) is 11.6 Å². The summed E-state index contributed by atoms with van der Waals surface area (Å²) in [5, 5.41) is 0.438. The molecule has 0 radical (unpaired) electrons. The van der Waals surface area contributed by atoms with E-state index in [-0.39, 0.29) is 5.60 Å². The molecular formula is C14H23ClO2. The van der Waals surface area contributed by atoms with E-state index in [1.54, 1.807) is 0 Å². The summed E-state index contributed by atoms with van der Waals surface area (Å²) >= 11 is 6.25. The highest BCUT2D eigenvalue weighted by Crippen LogP contribution is 2.45. The average Bonchev–Trinajstić information content (AvgIpc) is 2.77. The number of ether oxygens (including phenoxy) is 2. The van der Waals surface area contributed by atoms with Crippen LogP contribution < -0.4 is 0 Å². The van der Waals surface area contributed by atoms with Gasteiger partial charge in [0.25, 0.3) is 0 Å². The first-order chi connectivity index (χ1) is 8.27. The highest BCUT2D eigenvalue weighted by molar-refractivity contribution is 6.20. The molecule has 2 aliphatic heterocycles. The van der Waals surface area contributed by atoms with Crippen molar-refractivity contribution in [1.29, 1.82) is 0 Å². The van der Waals surface area contributed by atoms with Crippen molar-refractivity contribution in [1.82, 2.24) is 0 Å². The molecule has 3 aliphatic rings. The van der Waals surface area contributed by atoms with E-state index in [4.69, 9.17) is 21.1 Å². The molecule has 3 atom stereocenters. The lowest BCUT2D eigenvalue weighted by Crippen LogP contribution is -2.45. The van der Waals surface area contributed by atoms with Gasteiger partial charge in [0.05, 0.1) is 5.60 Å². The molecule has 0 N–H and O–H groups in total. The van der Waals surface area contributed by atoms with Gasteiger partial charge < -0.3 is 9.47 Å². The SMILES string of the molecule is ClC1CCC(C2CCOC3(CCOCC3)C2)C1. The molecule has 2 saturated heterocycles. The van der Waals surface area contributed by atoms with Crippen LogP contribution in [0, 0.1) is 11.8 Å². The van der Waals surface area contributed by atoms with Crippen molar-refractivity contribution >= 4 is 11.6 Å². The van der Waals surface area contributed by atoms with Crippen LogP contribution in [0.4, 0.5) is 0 Å². The normalized spacial score (nSPS) is 41.8. The zero-order valence-corrected chi connectivity index (χ0v) is 11.3. The second-order valence-corrected chi connectivity index (χ2v) is 6.68. The number of alkyl halides is 1. The van der Waals surface area contributed by atoms with E-state index in [0.717, 1.165) is 44.5 Å². The number of halogens is 1. The van der Waals surface area contributed by atoms with Crippen LogP contribution in [0.2, 0.25) is 0 Å². The maximum Gasteiger partial charge on any atom is 0.0729 e. The zero-order chi connectivity index (χ0) is 11.7. The molecule has 1 aliphatic carbocycles. The Morgan fingerprint density at radius 3 is 2.47 bits per heavy atom. The van der Waals surface area contributed by atoms with Gasteiger partial charge in [-0.25, -0.2) is 0 Å². The summed E-state index contributed by atoms with van der Waals surface area (Å²) in [5.74, 6) is 1.71. The third-order valence-electron chi connectivity index (χ3n) is 5.01. The Hall–Kier alpha value is 0.210. The van der Waals surface area contributed by atoms with Crippen molar-refractivity contribution in [3.05, 3.63) is 0 Å². The molecule has 1 spiro atoms. The Morgan fingerprint density at radius 2 is 1.76 bits per heavy atom. The van der Waals surface area contributed by atoms with E-state index in [1.165, 1.54) is 32.1 Å². The van der Waals surface area contributed by atoms with E-state index in [2.05, 4.69) is 0 Å². The molecule has 17 heavy (non-hydrogen) atoms. The van der Waals surface area contributed by atoms with Gasteiger partial charge in [0.1, 0.15) is 0 Å². The molecule has 3 unspecified atom stereocenters. The van der Waals surface area contributed by atoms with Crippen LogP contribution in [0.25, 0.3) is 0 Å². The fourth-order valence-electron chi connectivity index (χ4n) is 3.95. The van der Waals surface area contributed by atoms with E-state index in [1.807, 2.05) is 0 Å². The largest absolute Gasteiger partial charge is 0.381 e. The van der Waals surface area contributed by atoms with Gasteiger partial charge in [-0.3, -0.25) is 0 Å². The minimum atomic E-state index is 0.158. The number of hydrogen-bond donors (Lipinski definition) is 0. The van der Waals surface area contributed by atoms with Crippen molar-refractivity contribution in [3.63, 3.8) is 0 Å². The summed E-state index contributed by atoms with van der Waals surface area (Å²) in [6.07, 6.45) is 8.49. The first kappa shape index (κ1) is 12.3. The molecular weight excluding hydrogens is 236 g/mol. The lowest BCUT2D eigenvalue weighted by atomic mass is 9.75. The molecule has 2 nitrogen and oxygen atoms in total. The third kappa shape index (κ3) is 2.64. The molecule has 0 aromatic carbocycles. The smallest absolute Gasteiger partial charge is 0.0729 e. The zero-order valence-electron chi connectivity index (χ0n) is 10.5.